The lowest BCUT2D eigenvalue weighted by molar-refractivity contribution is -0.384. The number of nitrogens with zero attached hydrogens (tertiary/aromatic N) is 1. The fourth-order valence-corrected chi connectivity index (χ4v) is 2.95. The van der Waals surface area contributed by atoms with Gasteiger partial charge in [-0.2, -0.15) is 0 Å². The number of benzene rings is 1. The zero-order valence-corrected chi connectivity index (χ0v) is 14.2. The highest BCUT2D eigenvalue weighted by Gasteiger charge is 2.49. The Kier molecular flexibility index (Phi) is 5.42. The minimum absolute atomic E-state index is 0.0835. The normalized spacial score (nSPS) is 39.9. The van der Waals surface area contributed by atoms with Gasteiger partial charge in [-0.15, -0.1) is 0 Å². The zero-order valence-electron chi connectivity index (χ0n) is 14.2. The molecule has 1 aromatic carbocycles. The van der Waals surface area contributed by atoms with Crippen LogP contribution < -0.4 is 4.74 Å². The van der Waals surface area contributed by atoms with Crippen LogP contribution in [0.15, 0.2) is 24.3 Å². The van der Waals surface area contributed by atoms with E-state index in [-0.39, 0.29) is 11.4 Å². The third-order valence-corrected chi connectivity index (χ3v) is 4.48. The Morgan fingerprint density at radius 1 is 0.962 bits per heavy atom. The maximum absolute atomic E-state index is 10.7. The van der Waals surface area contributed by atoms with E-state index in [9.17, 15) is 25.4 Å². The molecule has 3 N–H and O–H groups in total. The predicted octanol–water partition coefficient (Wildman–Crippen LogP) is -0.0689. The molecule has 0 aliphatic carbocycles. The van der Waals surface area contributed by atoms with Crippen molar-refractivity contribution in [3.63, 3.8) is 0 Å². The summed E-state index contributed by atoms with van der Waals surface area (Å²) in [6.07, 6.45) is -7.68. The topological polar surface area (TPSA) is 141 Å². The molecular formula is C16H21NO9. The molecule has 1 aromatic rings. The molecule has 0 unspecified atom stereocenters. The SMILES string of the molecule is C[C@@H]1O[C@@H](O[C@@H]2[C@@H](O)[C@H](Oc3ccc([N+](=O)[O-])cc3)O[C@H]2C)[C@H](O)[C@H]1O. The van der Waals surface area contributed by atoms with Gasteiger partial charge in [-0.05, 0) is 26.0 Å². The number of nitro benzene ring substituents is 1. The van der Waals surface area contributed by atoms with Gasteiger partial charge in [-0.1, -0.05) is 0 Å². The van der Waals surface area contributed by atoms with E-state index >= 15 is 0 Å². The summed E-state index contributed by atoms with van der Waals surface area (Å²) in [5, 5.41) is 40.7. The van der Waals surface area contributed by atoms with Crippen LogP contribution in [-0.4, -0.2) is 69.4 Å². The number of aliphatic hydroxyl groups is 3. The summed E-state index contributed by atoms with van der Waals surface area (Å²) >= 11 is 0. The van der Waals surface area contributed by atoms with Gasteiger partial charge >= 0.3 is 0 Å². The second kappa shape index (κ2) is 7.43. The Morgan fingerprint density at radius 3 is 2.12 bits per heavy atom. The molecule has 0 bridgehead atoms. The van der Waals surface area contributed by atoms with Crippen molar-refractivity contribution < 1.29 is 39.2 Å². The smallest absolute Gasteiger partial charge is 0.269 e. The fraction of sp³-hybridized carbons (Fsp3) is 0.625. The molecule has 2 fully saturated rings. The highest BCUT2D eigenvalue weighted by atomic mass is 16.7. The number of hydrogen-bond donors (Lipinski definition) is 3. The van der Waals surface area contributed by atoms with Gasteiger partial charge in [0.05, 0.1) is 17.1 Å². The van der Waals surface area contributed by atoms with Crippen molar-refractivity contribution in [1.82, 2.24) is 0 Å². The maximum atomic E-state index is 10.7. The molecule has 26 heavy (non-hydrogen) atoms. The maximum Gasteiger partial charge on any atom is 0.269 e. The average Bonchev–Trinajstić information content (AvgIpc) is 3.00. The first-order chi connectivity index (χ1) is 12.3. The molecule has 144 valence electrons. The Morgan fingerprint density at radius 2 is 1.58 bits per heavy atom. The van der Waals surface area contributed by atoms with Gasteiger partial charge in [0.1, 0.15) is 30.2 Å². The lowest BCUT2D eigenvalue weighted by atomic mass is 10.1. The van der Waals surface area contributed by atoms with Gasteiger partial charge in [0.25, 0.3) is 5.69 Å². The van der Waals surface area contributed by atoms with Crippen LogP contribution in [0.3, 0.4) is 0 Å². The van der Waals surface area contributed by atoms with E-state index in [2.05, 4.69) is 0 Å². The first-order valence-corrected chi connectivity index (χ1v) is 8.19. The van der Waals surface area contributed by atoms with Crippen LogP contribution in [0, 0.1) is 10.1 Å². The highest BCUT2D eigenvalue weighted by molar-refractivity contribution is 5.36. The number of rotatable bonds is 5. The van der Waals surface area contributed by atoms with Gasteiger partial charge in [0, 0.05) is 12.1 Å². The van der Waals surface area contributed by atoms with Crippen molar-refractivity contribution in [3.05, 3.63) is 34.4 Å². The van der Waals surface area contributed by atoms with Crippen LogP contribution in [0.25, 0.3) is 0 Å². The van der Waals surface area contributed by atoms with Gasteiger partial charge < -0.3 is 34.3 Å². The van der Waals surface area contributed by atoms with Gasteiger partial charge in [0.15, 0.2) is 6.29 Å². The molecule has 0 saturated carbocycles. The molecule has 2 aliphatic rings. The fourth-order valence-electron chi connectivity index (χ4n) is 2.95. The molecule has 8 atom stereocenters. The van der Waals surface area contributed by atoms with Crippen LogP contribution in [-0.2, 0) is 14.2 Å². The van der Waals surface area contributed by atoms with Crippen molar-refractivity contribution in [1.29, 1.82) is 0 Å². The first kappa shape index (κ1) is 19.0. The van der Waals surface area contributed by atoms with Crippen molar-refractivity contribution in [3.8, 4) is 5.75 Å². The molecule has 10 nitrogen and oxygen atoms in total. The largest absolute Gasteiger partial charge is 0.462 e. The summed E-state index contributed by atoms with van der Waals surface area (Å²) in [5.41, 5.74) is -0.0835. The molecular weight excluding hydrogens is 350 g/mol. The highest BCUT2D eigenvalue weighted by Crippen LogP contribution is 2.31. The van der Waals surface area contributed by atoms with E-state index in [0.29, 0.717) is 0 Å². The third kappa shape index (κ3) is 3.65. The molecule has 2 saturated heterocycles. The average molecular weight is 371 g/mol. The van der Waals surface area contributed by atoms with Gasteiger partial charge in [-0.3, -0.25) is 10.1 Å². The van der Waals surface area contributed by atoms with E-state index in [4.69, 9.17) is 18.9 Å². The van der Waals surface area contributed by atoms with Crippen molar-refractivity contribution >= 4 is 5.69 Å². The van der Waals surface area contributed by atoms with Crippen molar-refractivity contribution in [2.75, 3.05) is 0 Å². The molecule has 2 aliphatic heterocycles. The van der Waals surface area contributed by atoms with Crippen LogP contribution >= 0.6 is 0 Å². The Hall–Kier alpha value is -1.82. The lowest BCUT2D eigenvalue weighted by Crippen LogP contribution is -2.42. The molecule has 3 rings (SSSR count). The summed E-state index contributed by atoms with van der Waals surface area (Å²) < 4.78 is 22.0. The van der Waals surface area contributed by atoms with E-state index in [0.717, 1.165) is 0 Å². The van der Waals surface area contributed by atoms with Crippen LogP contribution in [0.1, 0.15) is 13.8 Å². The van der Waals surface area contributed by atoms with Gasteiger partial charge in [0.2, 0.25) is 6.29 Å². The molecule has 0 spiro atoms. The zero-order chi connectivity index (χ0) is 19.0. The quantitative estimate of drug-likeness (QED) is 0.479. The molecule has 0 radical (unpaired) electrons. The third-order valence-electron chi connectivity index (χ3n) is 4.48. The van der Waals surface area contributed by atoms with Crippen LogP contribution in [0.5, 0.6) is 5.75 Å². The predicted molar refractivity (Wildman–Crippen MR) is 85.3 cm³/mol. The number of ether oxygens (including phenoxy) is 4. The van der Waals surface area contributed by atoms with Crippen molar-refractivity contribution in [2.24, 2.45) is 0 Å². The number of nitro groups is 1. The summed E-state index contributed by atoms with van der Waals surface area (Å²) in [6.45, 7) is 3.26. The molecule has 2 heterocycles. The van der Waals surface area contributed by atoms with Crippen molar-refractivity contribution in [2.45, 2.75) is 63.1 Å². The summed E-state index contributed by atoms with van der Waals surface area (Å²) in [4.78, 5) is 10.1. The monoisotopic (exact) mass is 371 g/mol. The van der Waals surface area contributed by atoms with E-state index < -0.39 is 54.1 Å². The van der Waals surface area contributed by atoms with E-state index in [1.807, 2.05) is 0 Å². The van der Waals surface area contributed by atoms with E-state index in [1.54, 1.807) is 13.8 Å². The van der Waals surface area contributed by atoms with Gasteiger partial charge in [-0.25, -0.2) is 0 Å². The Balaban J connectivity index is 1.62. The first-order valence-electron chi connectivity index (χ1n) is 8.19. The van der Waals surface area contributed by atoms with E-state index in [1.165, 1.54) is 24.3 Å². The number of aliphatic hydroxyl groups excluding tert-OH is 3. The second-order valence-electron chi connectivity index (χ2n) is 6.36. The Bertz CT molecular complexity index is 639. The summed E-state index contributed by atoms with van der Waals surface area (Å²) in [5.74, 6) is 0.286. The molecule has 10 heteroatoms. The Labute approximate surface area is 149 Å². The number of non-ortho nitro benzene ring substituents is 1. The lowest BCUT2D eigenvalue weighted by Gasteiger charge is -2.24. The molecule has 0 aromatic heterocycles. The molecule has 0 amide bonds. The van der Waals surface area contributed by atoms with Crippen LogP contribution in [0.2, 0.25) is 0 Å². The van der Waals surface area contributed by atoms with Crippen LogP contribution in [0.4, 0.5) is 5.69 Å². The minimum Gasteiger partial charge on any atom is -0.462 e. The number of hydrogen-bond acceptors (Lipinski definition) is 9. The summed E-state index contributed by atoms with van der Waals surface area (Å²) in [7, 11) is 0. The second-order valence-corrected chi connectivity index (χ2v) is 6.36. The minimum atomic E-state index is -1.24. The summed E-state index contributed by atoms with van der Waals surface area (Å²) in [6, 6.07) is 5.35. The standard InChI is InChI=1S/C16H21NO9/c1-7-11(18)12(19)15(23-7)26-14-8(2)24-16(13(14)20)25-10-5-3-9(4-6-10)17(21)22/h3-8,11-16,18-20H,1-2H3/t7-,8-,11-,12+,13+,14-,15-,16-/m0/s1.